The number of oxazole rings is 1. The van der Waals surface area contributed by atoms with Crippen LogP contribution in [0.5, 0.6) is 0 Å². The van der Waals surface area contributed by atoms with E-state index in [-0.39, 0.29) is 37.3 Å². The number of esters is 1. The predicted molar refractivity (Wildman–Crippen MR) is 122 cm³/mol. The molecule has 0 radical (unpaired) electrons. The molecule has 8 nitrogen and oxygen atoms in total. The Hall–Kier alpha value is -3.46. The van der Waals surface area contributed by atoms with Crippen LogP contribution in [-0.4, -0.2) is 39.4 Å². The molecule has 0 N–H and O–H groups in total. The lowest BCUT2D eigenvalue weighted by atomic mass is 9.95. The Morgan fingerprint density at radius 1 is 1.24 bits per heavy atom. The number of anilines is 1. The van der Waals surface area contributed by atoms with Gasteiger partial charge in [0.15, 0.2) is 0 Å². The number of amides is 2. The van der Waals surface area contributed by atoms with Crippen molar-refractivity contribution in [3.63, 3.8) is 0 Å². The normalized spacial score (nSPS) is 19.8. The number of nitrogens with zero attached hydrogens (tertiary/aromatic N) is 3. The average molecular weight is 466 g/mol. The molecule has 1 fully saturated rings. The molecule has 2 aliphatic rings. The van der Waals surface area contributed by atoms with Crippen LogP contribution in [-0.2, 0) is 20.9 Å². The minimum Gasteiger partial charge on any atom is -0.456 e. The van der Waals surface area contributed by atoms with E-state index in [2.05, 4.69) is 4.98 Å². The first-order valence-electron chi connectivity index (χ1n) is 10.8. The second kappa shape index (κ2) is 7.84. The first-order chi connectivity index (χ1) is 15.8. The van der Waals surface area contributed by atoms with Crippen molar-refractivity contribution in [2.75, 3.05) is 4.90 Å². The van der Waals surface area contributed by atoms with Crippen LogP contribution in [0.15, 0.2) is 46.2 Å². The summed E-state index contributed by atoms with van der Waals surface area (Å²) in [5.41, 5.74) is -0.183. The Morgan fingerprint density at radius 3 is 2.76 bits per heavy atom. The number of fused-ring (bicyclic) bond motifs is 3. The number of carbonyl (C=O) groups excluding carboxylic acids is 3. The van der Waals surface area contributed by atoms with Crippen LogP contribution >= 0.6 is 11.3 Å². The first kappa shape index (κ1) is 21.4. The fraction of sp³-hybridized carbons (Fsp3) is 0.333. The van der Waals surface area contributed by atoms with Gasteiger partial charge >= 0.3 is 5.97 Å². The third-order valence-electron chi connectivity index (χ3n) is 6.11. The summed E-state index contributed by atoms with van der Waals surface area (Å²) in [6.07, 6.45) is 0.312. The number of carbonyl (C=O) groups is 3. The second-order valence-electron chi connectivity index (χ2n) is 8.41. The van der Waals surface area contributed by atoms with Gasteiger partial charge in [0.1, 0.15) is 18.1 Å². The molecule has 0 bridgehead atoms. The third-order valence-corrected chi connectivity index (χ3v) is 6.97. The molecular formula is C24H23N3O5S. The number of hydrogen-bond donors (Lipinski definition) is 0. The van der Waals surface area contributed by atoms with Crippen LogP contribution in [0.1, 0.15) is 48.5 Å². The van der Waals surface area contributed by atoms with Crippen molar-refractivity contribution >= 4 is 34.8 Å². The fourth-order valence-electron chi connectivity index (χ4n) is 4.69. The lowest BCUT2D eigenvalue weighted by Gasteiger charge is -2.50. The molecule has 2 aromatic heterocycles. The molecule has 9 heteroatoms. The van der Waals surface area contributed by atoms with Crippen molar-refractivity contribution in [2.24, 2.45) is 0 Å². The summed E-state index contributed by atoms with van der Waals surface area (Å²) in [7, 11) is 0. The highest BCUT2D eigenvalue weighted by molar-refractivity contribution is 7.13. The number of para-hydroxylation sites is 1. The zero-order chi connectivity index (χ0) is 23.3. The maximum Gasteiger partial charge on any atom is 0.354 e. The summed E-state index contributed by atoms with van der Waals surface area (Å²) < 4.78 is 11.5. The van der Waals surface area contributed by atoms with Crippen molar-refractivity contribution < 1.29 is 23.5 Å². The summed E-state index contributed by atoms with van der Waals surface area (Å²) in [5, 5.41) is 1.93. The summed E-state index contributed by atoms with van der Waals surface area (Å²) >= 11 is 1.50. The van der Waals surface area contributed by atoms with Gasteiger partial charge in [0.05, 0.1) is 16.1 Å². The Balaban J connectivity index is 1.49. The summed E-state index contributed by atoms with van der Waals surface area (Å²) in [6, 6.07) is 10.4. The van der Waals surface area contributed by atoms with Crippen LogP contribution < -0.4 is 4.90 Å². The summed E-state index contributed by atoms with van der Waals surface area (Å²) in [5.74, 6) is -0.134. The minimum atomic E-state index is -1.52. The summed E-state index contributed by atoms with van der Waals surface area (Å²) in [6.45, 7) is 5.30. The van der Waals surface area contributed by atoms with Crippen LogP contribution in [0.3, 0.4) is 0 Å². The van der Waals surface area contributed by atoms with Crippen molar-refractivity contribution in [3.05, 3.63) is 58.8 Å². The van der Waals surface area contributed by atoms with Crippen LogP contribution in [0, 0.1) is 6.92 Å². The quantitative estimate of drug-likeness (QED) is 0.526. The Morgan fingerprint density at radius 2 is 2.03 bits per heavy atom. The highest BCUT2D eigenvalue weighted by Crippen LogP contribution is 2.46. The molecule has 0 aliphatic carbocycles. The van der Waals surface area contributed by atoms with Gasteiger partial charge in [-0.25, -0.2) is 9.78 Å². The highest BCUT2D eigenvalue weighted by Gasteiger charge is 2.62. The van der Waals surface area contributed by atoms with Gasteiger partial charge in [-0.05, 0) is 44.4 Å². The van der Waals surface area contributed by atoms with E-state index < -0.39 is 11.6 Å². The molecule has 1 atom stereocenters. The van der Waals surface area contributed by atoms with Gasteiger partial charge in [-0.15, -0.1) is 11.3 Å². The standard InChI is InChI=1S/C24H23N3O5S/c1-14(2)26-22(29)16-7-4-5-8-18(16)27-20(28)10-11-24(26,27)23(30)31-13-17-15(3)32-21(25-17)19-9-6-12-33-19/h4-9,12,14H,10-11,13H2,1-3H3/t24-/m0/s1. The van der Waals surface area contributed by atoms with E-state index in [1.165, 1.54) is 21.1 Å². The zero-order valence-electron chi connectivity index (χ0n) is 18.5. The van der Waals surface area contributed by atoms with E-state index in [9.17, 15) is 14.4 Å². The molecule has 2 amide bonds. The molecule has 4 heterocycles. The Kier molecular flexibility index (Phi) is 5.08. The van der Waals surface area contributed by atoms with E-state index in [0.29, 0.717) is 28.6 Å². The molecule has 33 heavy (non-hydrogen) atoms. The van der Waals surface area contributed by atoms with Gasteiger partial charge in [0, 0.05) is 18.9 Å². The van der Waals surface area contributed by atoms with Crippen LogP contribution in [0.4, 0.5) is 5.69 Å². The van der Waals surface area contributed by atoms with Gasteiger partial charge in [-0.3, -0.25) is 14.5 Å². The molecule has 1 aromatic carbocycles. The van der Waals surface area contributed by atoms with E-state index in [4.69, 9.17) is 9.15 Å². The van der Waals surface area contributed by atoms with Crippen LogP contribution in [0.25, 0.3) is 10.8 Å². The molecule has 0 saturated carbocycles. The molecule has 5 rings (SSSR count). The minimum absolute atomic E-state index is 0.120. The van der Waals surface area contributed by atoms with E-state index in [0.717, 1.165) is 4.88 Å². The third kappa shape index (κ3) is 3.18. The average Bonchev–Trinajstić information content (AvgIpc) is 3.52. The highest BCUT2D eigenvalue weighted by atomic mass is 32.1. The maximum atomic E-state index is 13.7. The number of benzene rings is 1. The molecule has 0 spiro atoms. The van der Waals surface area contributed by atoms with Gasteiger partial charge in [0.25, 0.3) is 5.91 Å². The maximum absolute atomic E-state index is 13.7. The molecule has 3 aromatic rings. The fourth-order valence-corrected chi connectivity index (χ4v) is 5.34. The van der Waals surface area contributed by atoms with Crippen molar-refractivity contribution in [1.82, 2.24) is 9.88 Å². The van der Waals surface area contributed by atoms with Gasteiger partial charge in [0.2, 0.25) is 17.5 Å². The molecule has 2 aliphatic heterocycles. The topological polar surface area (TPSA) is 93.0 Å². The van der Waals surface area contributed by atoms with Crippen molar-refractivity contribution in [2.45, 2.75) is 51.9 Å². The number of aromatic nitrogens is 1. The Bertz CT molecular complexity index is 1250. The Labute approximate surface area is 194 Å². The molecule has 0 unspecified atom stereocenters. The van der Waals surface area contributed by atoms with Gasteiger partial charge in [-0.1, -0.05) is 18.2 Å². The van der Waals surface area contributed by atoms with E-state index in [1.807, 2.05) is 31.4 Å². The molecular weight excluding hydrogens is 442 g/mol. The number of thiophene rings is 1. The second-order valence-corrected chi connectivity index (χ2v) is 9.35. The first-order valence-corrected chi connectivity index (χ1v) is 11.7. The number of ether oxygens (including phenoxy) is 1. The number of aryl methyl sites for hydroxylation is 1. The lowest BCUT2D eigenvalue weighted by Crippen LogP contribution is -2.70. The lowest BCUT2D eigenvalue weighted by molar-refractivity contribution is -0.159. The van der Waals surface area contributed by atoms with Gasteiger partial charge < -0.3 is 14.1 Å². The molecule has 1 saturated heterocycles. The number of rotatable bonds is 5. The van der Waals surface area contributed by atoms with E-state index >= 15 is 0 Å². The monoisotopic (exact) mass is 465 g/mol. The largest absolute Gasteiger partial charge is 0.456 e. The van der Waals surface area contributed by atoms with Crippen LogP contribution in [0.2, 0.25) is 0 Å². The van der Waals surface area contributed by atoms with Crippen molar-refractivity contribution in [3.8, 4) is 10.8 Å². The SMILES string of the molecule is Cc1oc(-c2cccs2)nc1COC(=O)[C@]12CCC(=O)N1c1ccccc1C(=O)N2C(C)C. The van der Waals surface area contributed by atoms with E-state index in [1.54, 1.807) is 31.2 Å². The van der Waals surface area contributed by atoms with Gasteiger partial charge in [-0.2, -0.15) is 0 Å². The number of hydrogen-bond acceptors (Lipinski definition) is 7. The van der Waals surface area contributed by atoms with Crippen molar-refractivity contribution in [1.29, 1.82) is 0 Å². The summed E-state index contributed by atoms with van der Waals surface area (Å²) in [4.78, 5) is 48.4. The predicted octanol–water partition coefficient (Wildman–Crippen LogP) is 4.14. The molecule has 170 valence electrons. The zero-order valence-corrected chi connectivity index (χ0v) is 19.3. The smallest absolute Gasteiger partial charge is 0.354 e.